The van der Waals surface area contributed by atoms with E-state index < -0.39 is 0 Å². The van der Waals surface area contributed by atoms with Gasteiger partial charge in [-0.2, -0.15) is 5.26 Å². The third kappa shape index (κ3) is 6.14. The van der Waals surface area contributed by atoms with Crippen molar-refractivity contribution in [1.82, 2.24) is 15.1 Å². The monoisotopic (exact) mass is 547 g/mol. The van der Waals surface area contributed by atoms with Crippen LogP contribution in [0.2, 0.25) is 10.0 Å². The summed E-state index contributed by atoms with van der Waals surface area (Å²) in [5, 5.41) is 14.2. The Balaban J connectivity index is 1.25. The van der Waals surface area contributed by atoms with Crippen LogP contribution in [0.4, 0.5) is 5.69 Å². The third-order valence-electron chi connectivity index (χ3n) is 7.45. The van der Waals surface area contributed by atoms with Crippen LogP contribution in [0, 0.1) is 11.3 Å². The van der Waals surface area contributed by atoms with Crippen LogP contribution < -0.4 is 10.2 Å². The minimum absolute atomic E-state index is 0.181. The lowest BCUT2D eigenvalue weighted by Gasteiger charge is -2.38. The van der Waals surface area contributed by atoms with Crippen LogP contribution in [0.5, 0.6) is 0 Å². The van der Waals surface area contributed by atoms with Gasteiger partial charge < -0.3 is 15.1 Å². The van der Waals surface area contributed by atoms with Crippen LogP contribution >= 0.6 is 23.2 Å². The predicted molar refractivity (Wildman–Crippen MR) is 152 cm³/mol. The van der Waals surface area contributed by atoms with Crippen molar-refractivity contribution in [3.05, 3.63) is 99.5 Å². The molecular formula is C30H31Cl2N5O. The molecule has 1 N–H and O–H groups in total. The Morgan fingerprint density at radius 3 is 2.39 bits per heavy atom. The number of nitrogens with zero attached hydrogens (tertiary/aromatic N) is 4. The number of piperazine rings is 1. The number of para-hydroxylation sites is 1. The quantitative estimate of drug-likeness (QED) is 0.453. The molecule has 1 amide bonds. The molecule has 5 rings (SSSR count). The predicted octanol–water partition coefficient (Wildman–Crippen LogP) is 4.95. The molecule has 0 unspecified atom stereocenters. The highest BCUT2D eigenvalue weighted by atomic mass is 35.5. The molecule has 2 aliphatic heterocycles. The molecule has 38 heavy (non-hydrogen) atoms. The number of nitriles is 1. The molecule has 0 spiro atoms. The van der Waals surface area contributed by atoms with E-state index in [1.165, 1.54) is 5.56 Å². The van der Waals surface area contributed by atoms with Crippen molar-refractivity contribution in [1.29, 1.82) is 5.26 Å². The van der Waals surface area contributed by atoms with Crippen molar-refractivity contribution in [2.45, 2.75) is 31.6 Å². The van der Waals surface area contributed by atoms with Gasteiger partial charge >= 0.3 is 0 Å². The maximum Gasteiger partial charge on any atom is 0.240 e. The van der Waals surface area contributed by atoms with Gasteiger partial charge in [0, 0.05) is 51.9 Å². The van der Waals surface area contributed by atoms with E-state index in [4.69, 9.17) is 23.2 Å². The van der Waals surface area contributed by atoms with Crippen LogP contribution in [-0.4, -0.2) is 60.5 Å². The Morgan fingerprint density at radius 2 is 1.66 bits per heavy atom. The average Bonchev–Trinajstić information content (AvgIpc) is 3.36. The highest BCUT2D eigenvalue weighted by Gasteiger charge is 2.39. The maximum atomic E-state index is 13.8. The lowest BCUT2D eigenvalue weighted by molar-refractivity contribution is -0.136. The lowest BCUT2D eigenvalue weighted by Crippen LogP contribution is -2.53. The van der Waals surface area contributed by atoms with E-state index in [2.05, 4.69) is 33.3 Å². The minimum atomic E-state index is -0.181. The molecule has 0 radical (unpaired) electrons. The van der Waals surface area contributed by atoms with E-state index in [0.29, 0.717) is 35.2 Å². The standard InChI is InChI=1S/C30H31Cl2N5O/c31-26-11-10-23(16-27(26)32)19-34-25-17-29(37(21-25)20-22-6-2-1-3-7-22)30(38)36-14-12-35(13-15-36)28-9-5-4-8-24(28)18-33/h1-11,16,25,29,34H,12-15,17,19-21H2/t25-,29-/m0/s1. The van der Waals surface area contributed by atoms with Gasteiger partial charge in [0.15, 0.2) is 0 Å². The molecule has 196 valence electrons. The van der Waals surface area contributed by atoms with E-state index in [1.807, 2.05) is 65.6 Å². The lowest BCUT2D eigenvalue weighted by atomic mass is 10.1. The molecule has 0 aliphatic carbocycles. The van der Waals surface area contributed by atoms with Crippen molar-refractivity contribution in [3.8, 4) is 6.07 Å². The summed E-state index contributed by atoms with van der Waals surface area (Å²) in [5.41, 5.74) is 3.89. The Labute approximate surface area is 234 Å². The average molecular weight is 549 g/mol. The number of carbonyl (C=O) groups excluding carboxylic acids is 1. The van der Waals surface area contributed by atoms with Crippen LogP contribution in [-0.2, 0) is 17.9 Å². The van der Waals surface area contributed by atoms with Crippen molar-refractivity contribution >= 4 is 34.8 Å². The zero-order valence-corrected chi connectivity index (χ0v) is 22.7. The highest BCUT2D eigenvalue weighted by molar-refractivity contribution is 6.42. The van der Waals surface area contributed by atoms with Gasteiger partial charge in [0.2, 0.25) is 5.91 Å². The Bertz CT molecular complexity index is 1300. The van der Waals surface area contributed by atoms with E-state index in [9.17, 15) is 10.1 Å². The summed E-state index contributed by atoms with van der Waals surface area (Å²) in [4.78, 5) is 20.3. The number of benzene rings is 3. The summed E-state index contributed by atoms with van der Waals surface area (Å²) in [6.07, 6.45) is 0.754. The van der Waals surface area contributed by atoms with Crippen molar-refractivity contribution in [2.24, 2.45) is 0 Å². The molecule has 2 aliphatic rings. The second-order valence-electron chi connectivity index (χ2n) is 9.93. The first kappa shape index (κ1) is 26.5. The number of likely N-dealkylation sites (tertiary alicyclic amines) is 1. The summed E-state index contributed by atoms with van der Waals surface area (Å²) in [6.45, 7) is 4.92. The smallest absolute Gasteiger partial charge is 0.240 e. The number of carbonyl (C=O) groups is 1. The van der Waals surface area contributed by atoms with Crippen molar-refractivity contribution in [2.75, 3.05) is 37.6 Å². The fraction of sp³-hybridized carbons (Fsp3) is 0.333. The van der Waals surface area contributed by atoms with Gasteiger partial charge in [0.1, 0.15) is 6.07 Å². The van der Waals surface area contributed by atoms with Gasteiger partial charge in [-0.15, -0.1) is 0 Å². The molecule has 3 aromatic rings. The second kappa shape index (κ2) is 12.2. The summed E-state index contributed by atoms with van der Waals surface area (Å²) >= 11 is 12.3. The van der Waals surface area contributed by atoms with Gasteiger partial charge in [-0.1, -0.05) is 71.7 Å². The topological polar surface area (TPSA) is 62.6 Å². The molecule has 2 saturated heterocycles. The van der Waals surface area contributed by atoms with E-state index in [0.717, 1.165) is 43.9 Å². The zero-order valence-electron chi connectivity index (χ0n) is 21.2. The fourth-order valence-electron chi connectivity index (χ4n) is 5.44. The fourth-order valence-corrected chi connectivity index (χ4v) is 5.76. The molecule has 8 heteroatoms. The van der Waals surface area contributed by atoms with Crippen LogP contribution in [0.25, 0.3) is 0 Å². The number of rotatable bonds is 7. The summed E-state index contributed by atoms with van der Waals surface area (Å²) < 4.78 is 0. The Kier molecular flexibility index (Phi) is 8.51. The summed E-state index contributed by atoms with van der Waals surface area (Å²) in [7, 11) is 0. The van der Waals surface area contributed by atoms with Crippen molar-refractivity contribution in [3.63, 3.8) is 0 Å². The first-order chi connectivity index (χ1) is 18.5. The van der Waals surface area contributed by atoms with Gasteiger partial charge in [-0.05, 0) is 41.8 Å². The van der Waals surface area contributed by atoms with Gasteiger partial charge in [0.25, 0.3) is 0 Å². The molecule has 2 fully saturated rings. The normalized spacial score (nSPS) is 19.9. The molecule has 3 aromatic carbocycles. The van der Waals surface area contributed by atoms with Crippen LogP contribution in [0.3, 0.4) is 0 Å². The number of hydrogen-bond acceptors (Lipinski definition) is 5. The number of nitrogens with one attached hydrogen (secondary N) is 1. The first-order valence-electron chi connectivity index (χ1n) is 13.0. The SMILES string of the molecule is N#Cc1ccccc1N1CCN(C(=O)[C@@H]2C[C@H](NCc3ccc(Cl)c(Cl)c3)CN2Cc2ccccc2)CC1. The van der Waals surface area contributed by atoms with Gasteiger partial charge in [-0.3, -0.25) is 9.69 Å². The molecule has 2 atom stereocenters. The number of hydrogen-bond donors (Lipinski definition) is 1. The number of halogens is 2. The van der Waals surface area contributed by atoms with E-state index in [-0.39, 0.29) is 18.0 Å². The van der Waals surface area contributed by atoms with Crippen LogP contribution in [0.1, 0.15) is 23.1 Å². The number of anilines is 1. The molecule has 2 heterocycles. The highest BCUT2D eigenvalue weighted by Crippen LogP contribution is 2.26. The summed E-state index contributed by atoms with van der Waals surface area (Å²) in [6, 6.07) is 26.0. The third-order valence-corrected chi connectivity index (χ3v) is 8.19. The number of amides is 1. The molecule has 0 bridgehead atoms. The van der Waals surface area contributed by atoms with Crippen LogP contribution in [0.15, 0.2) is 72.8 Å². The van der Waals surface area contributed by atoms with E-state index >= 15 is 0 Å². The largest absolute Gasteiger partial charge is 0.367 e. The summed E-state index contributed by atoms with van der Waals surface area (Å²) in [5.74, 6) is 0.188. The molecular weight excluding hydrogens is 517 g/mol. The Morgan fingerprint density at radius 1 is 0.921 bits per heavy atom. The zero-order chi connectivity index (χ0) is 26.5. The Hall–Kier alpha value is -3.08. The van der Waals surface area contributed by atoms with Crippen molar-refractivity contribution < 1.29 is 4.79 Å². The van der Waals surface area contributed by atoms with Gasteiger partial charge in [0.05, 0.1) is 27.3 Å². The molecule has 0 aromatic heterocycles. The van der Waals surface area contributed by atoms with E-state index in [1.54, 1.807) is 0 Å². The second-order valence-corrected chi connectivity index (χ2v) is 10.7. The maximum absolute atomic E-state index is 13.8. The van der Waals surface area contributed by atoms with Gasteiger partial charge in [-0.25, -0.2) is 0 Å². The first-order valence-corrected chi connectivity index (χ1v) is 13.8. The molecule has 0 saturated carbocycles. The minimum Gasteiger partial charge on any atom is -0.367 e. The molecule has 6 nitrogen and oxygen atoms in total.